The summed E-state index contributed by atoms with van der Waals surface area (Å²) in [7, 11) is 0. The van der Waals surface area contributed by atoms with Crippen molar-refractivity contribution in [3.63, 3.8) is 0 Å². The summed E-state index contributed by atoms with van der Waals surface area (Å²) in [6, 6.07) is 4.41. The summed E-state index contributed by atoms with van der Waals surface area (Å²) in [6.45, 7) is 1.30. The van der Waals surface area contributed by atoms with Crippen LogP contribution >= 0.6 is 0 Å². The smallest absolute Gasteiger partial charge is 0.303 e. The Bertz CT molecular complexity index is 680. The molecule has 0 saturated carbocycles. The third kappa shape index (κ3) is 3.39. The number of Topliss-reactive ketones (excluding diaryl/α,β-unsaturated/α-hetero) is 1. The molecule has 0 saturated heterocycles. The van der Waals surface area contributed by atoms with Crippen LogP contribution in [0.3, 0.4) is 0 Å². The first-order valence-corrected chi connectivity index (χ1v) is 7.05. The molecule has 122 valence electrons. The minimum Gasteiger partial charge on any atom is -0.503 e. The molecule has 1 amide bonds. The Morgan fingerprint density at radius 1 is 1.26 bits per heavy atom. The lowest BCUT2D eigenvalue weighted by atomic mass is 9.96. The van der Waals surface area contributed by atoms with Gasteiger partial charge in [-0.05, 0) is 31.0 Å². The predicted octanol–water partition coefficient (Wildman–Crippen LogP) is 1.97. The van der Waals surface area contributed by atoms with Crippen molar-refractivity contribution in [1.29, 1.82) is 0 Å². The van der Waals surface area contributed by atoms with Crippen molar-refractivity contribution in [3.05, 3.63) is 47.0 Å². The van der Waals surface area contributed by atoms with E-state index >= 15 is 0 Å². The van der Waals surface area contributed by atoms with Crippen LogP contribution in [0, 0.1) is 5.82 Å². The van der Waals surface area contributed by atoms with Gasteiger partial charge in [0, 0.05) is 13.0 Å². The van der Waals surface area contributed by atoms with E-state index in [9.17, 15) is 23.9 Å². The van der Waals surface area contributed by atoms with Gasteiger partial charge in [-0.15, -0.1) is 0 Å². The third-order valence-corrected chi connectivity index (χ3v) is 3.66. The van der Waals surface area contributed by atoms with Gasteiger partial charge in [-0.25, -0.2) is 4.39 Å². The SMILES string of the molecule is CC(=O)C1=C(O)C(=O)N(CCCC(=O)O)C1c1ccc(F)cc1. The van der Waals surface area contributed by atoms with Crippen molar-refractivity contribution in [3.8, 4) is 0 Å². The number of carbonyl (C=O) groups is 3. The monoisotopic (exact) mass is 321 g/mol. The topological polar surface area (TPSA) is 94.9 Å². The summed E-state index contributed by atoms with van der Waals surface area (Å²) in [4.78, 5) is 35.9. The van der Waals surface area contributed by atoms with Gasteiger partial charge >= 0.3 is 5.97 Å². The van der Waals surface area contributed by atoms with Gasteiger partial charge in [-0.3, -0.25) is 14.4 Å². The van der Waals surface area contributed by atoms with Crippen LogP contribution < -0.4 is 0 Å². The maximum absolute atomic E-state index is 13.1. The number of aliphatic hydroxyl groups excluding tert-OH is 1. The second-order valence-electron chi connectivity index (χ2n) is 5.27. The summed E-state index contributed by atoms with van der Waals surface area (Å²) in [5.74, 6) is -3.30. The molecule has 1 unspecified atom stereocenters. The van der Waals surface area contributed by atoms with Gasteiger partial charge in [0.05, 0.1) is 11.6 Å². The van der Waals surface area contributed by atoms with Crippen molar-refractivity contribution in [2.24, 2.45) is 0 Å². The van der Waals surface area contributed by atoms with Gasteiger partial charge < -0.3 is 15.1 Å². The zero-order valence-electron chi connectivity index (χ0n) is 12.5. The molecule has 23 heavy (non-hydrogen) atoms. The van der Waals surface area contributed by atoms with Crippen LogP contribution in [0.4, 0.5) is 4.39 Å². The molecule has 1 heterocycles. The van der Waals surface area contributed by atoms with E-state index in [1.807, 2.05) is 0 Å². The molecule has 2 rings (SSSR count). The third-order valence-electron chi connectivity index (χ3n) is 3.66. The molecular weight excluding hydrogens is 305 g/mol. The number of carboxylic acids is 1. The number of carboxylic acid groups (broad SMARTS) is 1. The molecule has 1 aliphatic heterocycles. The average molecular weight is 321 g/mol. The van der Waals surface area contributed by atoms with E-state index in [-0.39, 0.29) is 25.0 Å². The average Bonchev–Trinajstić information content (AvgIpc) is 2.72. The second-order valence-corrected chi connectivity index (χ2v) is 5.27. The number of halogens is 1. The van der Waals surface area contributed by atoms with E-state index in [4.69, 9.17) is 5.11 Å². The Balaban J connectivity index is 2.36. The number of aliphatic hydroxyl groups is 1. The van der Waals surface area contributed by atoms with Crippen LogP contribution in [0.5, 0.6) is 0 Å². The maximum atomic E-state index is 13.1. The van der Waals surface area contributed by atoms with Gasteiger partial charge in [-0.2, -0.15) is 0 Å². The van der Waals surface area contributed by atoms with E-state index in [1.54, 1.807) is 0 Å². The van der Waals surface area contributed by atoms with E-state index in [0.717, 1.165) is 0 Å². The van der Waals surface area contributed by atoms with Crippen LogP contribution in [-0.2, 0) is 14.4 Å². The number of rotatable bonds is 6. The highest BCUT2D eigenvalue weighted by Gasteiger charge is 2.41. The highest BCUT2D eigenvalue weighted by Crippen LogP contribution is 2.37. The van der Waals surface area contributed by atoms with Gasteiger partial charge in [0.1, 0.15) is 5.82 Å². The zero-order chi connectivity index (χ0) is 17.1. The first kappa shape index (κ1) is 16.7. The largest absolute Gasteiger partial charge is 0.503 e. The van der Waals surface area contributed by atoms with Crippen molar-refractivity contribution < 1.29 is 29.0 Å². The molecule has 1 aliphatic rings. The lowest BCUT2D eigenvalue weighted by Crippen LogP contribution is -2.32. The molecule has 1 aromatic rings. The summed E-state index contributed by atoms with van der Waals surface area (Å²) >= 11 is 0. The van der Waals surface area contributed by atoms with Crippen molar-refractivity contribution >= 4 is 17.7 Å². The van der Waals surface area contributed by atoms with Gasteiger partial charge in [0.25, 0.3) is 5.91 Å². The Hall–Kier alpha value is -2.70. The fourth-order valence-corrected chi connectivity index (χ4v) is 2.64. The number of benzene rings is 1. The molecule has 0 radical (unpaired) electrons. The molecule has 0 bridgehead atoms. The van der Waals surface area contributed by atoms with E-state index in [1.165, 1.54) is 36.1 Å². The Kier molecular flexibility index (Phi) is 4.78. The fourth-order valence-electron chi connectivity index (χ4n) is 2.64. The molecule has 0 spiro atoms. The van der Waals surface area contributed by atoms with E-state index in [2.05, 4.69) is 0 Å². The van der Waals surface area contributed by atoms with Crippen molar-refractivity contribution in [2.45, 2.75) is 25.8 Å². The molecule has 1 atom stereocenters. The minimum atomic E-state index is -1.00. The maximum Gasteiger partial charge on any atom is 0.303 e. The van der Waals surface area contributed by atoms with Crippen LogP contribution in [0.15, 0.2) is 35.6 Å². The number of carbonyl (C=O) groups excluding carboxylic acids is 2. The zero-order valence-corrected chi connectivity index (χ0v) is 12.5. The molecule has 0 fully saturated rings. The molecule has 0 aliphatic carbocycles. The van der Waals surface area contributed by atoms with Gasteiger partial charge in [0.15, 0.2) is 11.5 Å². The summed E-state index contributed by atoms with van der Waals surface area (Å²) in [5, 5.41) is 18.7. The number of hydrogen-bond acceptors (Lipinski definition) is 4. The molecule has 1 aromatic carbocycles. The molecular formula is C16H16FNO5. The quantitative estimate of drug-likeness (QED) is 0.835. The van der Waals surface area contributed by atoms with Crippen LogP contribution in [-0.4, -0.2) is 39.3 Å². The first-order valence-electron chi connectivity index (χ1n) is 7.05. The Morgan fingerprint density at radius 2 is 1.87 bits per heavy atom. The number of ketones is 1. The summed E-state index contributed by atoms with van der Waals surface area (Å²) in [6.07, 6.45) is 0.0350. The highest BCUT2D eigenvalue weighted by atomic mass is 19.1. The number of aliphatic carboxylic acids is 1. The minimum absolute atomic E-state index is 0.0584. The molecule has 6 nitrogen and oxygen atoms in total. The van der Waals surface area contributed by atoms with Crippen LogP contribution in [0.2, 0.25) is 0 Å². The first-order chi connectivity index (χ1) is 10.8. The summed E-state index contributed by atoms with van der Waals surface area (Å²) < 4.78 is 13.1. The normalized spacial score (nSPS) is 17.7. The lowest BCUT2D eigenvalue weighted by molar-refractivity contribution is -0.138. The Morgan fingerprint density at radius 3 is 2.39 bits per heavy atom. The van der Waals surface area contributed by atoms with E-state index < -0.39 is 35.3 Å². The number of amides is 1. The second kappa shape index (κ2) is 6.60. The number of nitrogens with zero attached hydrogens (tertiary/aromatic N) is 1. The summed E-state index contributed by atoms with van der Waals surface area (Å²) in [5.41, 5.74) is 0.418. The van der Waals surface area contributed by atoms with Crippen molar-refractivity contribution in [2.75, 3.05) is 6.54 Å². The van der Waals surface area contributed by atoms with Crippen molar-refractivity contribution in [1.82, 2.24) is 4.90 Å². The van der Waals surface area contributed by atoms with E-state index in [0.29, 0.717) is 5.56 Å². The standard InChI is InChI=1S/C16H16FNO5/c1-9(19)13-14(10-4-6-11(17)7-5-10)18(16(23)15(13)22)8-2-3-12(20)21/h4-7,14,22H,2-3,8H2,1H3,(H,20,21). The van der Waals surface area contributed by atoms with Crippen LogP contribution in [0.25, 0.3) is 0 Å². The Labute approximate surface area is 131 Å². The predicted molar refractivity (Wildman–Crippen MR) is 78.1 cm³/mol. The van der Waals surface area contributed by atoms with Gasteiger partial charge in [-0.1, -0.05) is 12.1 Å². The lowest BCUT2D eigenvalue weighted by Gasteiger charge is -2.26. The van der Waals surface area contributed by atoms with Gasteiger partial charge in [0.2, 0.25) is 0 Å². The molecule has 2 N–H and O–H groups in total. The molecule has 0 aromatic heterocycles. The molecule has 7 heteroatoms. The fraction of sp³-hybridized carbons (Fsp3) is 0.312. The number of hydrogen-bond donors (Lipinski definition) is 2. The highest BCUT2D eigenvalue weighted by molar-refractivity contribution is 6.08. The van der Waals surface area contributed by atoms with Crippen LogP contribution in [0.1, 0.15) is 31.4 Å².